The number of aryl methyl sites for hydroxylation is 1. The van der Waals surface area contributed by atoms with Gasteiger partial charge in [-0.1, -0.05) is 5.21 Å². The largest absolute Gasteiger partial charge is 0.370 e. The molecule has 7 heteroatoms. The van der Waals surface area contributed by atoms with Crippen LogP contribution in [0.15, 0.2) is 12.4 Å². The molecule has 2 aromatic rings. The number of ether oxygens (including phenoxy) is 1. The van der Waals surface area contributed by atoms with E-state index in [9.17, 15) is 0 Å². The van der Waals surface area contributed by atoms with Crippen LogP contribution in [-0.4, -0.2) is 49.1 Å². The number of nitrogens with zero attached hydrogens (tertiary/aromatic N) is 5. The van der Waals surface area contributed by atoms with Crippen LogP contribution >= 0.6 is 0 Å². The molecule has 0 spiro atoms. The zero-order chi connectivity index (χ0) is 13.5. The number of aromatic amines is 1. The Bertz CT molecular complexity index is 606. The highest BCUT2D eigenvalue weighted by Gasteiger charge is 2.36. The Morgan fingerprint density at radius 1 is 1.45 bits per heavy atom. The molecule has 2 atom stereocenters. The van der Waals surface area contributed by atoms with Crippen LogP contribution in [0.1, 0.15) is 29.7 Å². The third-order valence-corrected chi connectivity index (χ3v) is 4.14. The number of piperidine rings is 1. The van der Waals surface area contributed by atoms with Crippen molar-refractivity contribution in [2.24, 2.45) is 0 Å². The lowest BCUT2D eigenvalue weighted by Crippen LogP contribution is -2.47. The van der Waals surface area contributed by atoms with Gasteiger partial charge in [0, 0.05) is 25.0 Å². The molecule has 1 saturated heterocycles. The molecule has 4 rings (SSSR count). The van der Waals surface area contributed by atoms with E-state index in [2.05, 4.69) is 25.2 Å². The number of fused-ring (bicyclic) bond motifs is 3. The van der Waals surface area contributed by atoms with E-state index in [0.29, 0.717) is 6.61 Å². The van der Waals surface area contributed by atoms with Crippen LogP contribution in [-0.2, 0) is 17.9 Å². The minimum absolute atomic E-state index is 0.263. The van der Waals surface area contributed by atoms with Gasteiger partial charge in [-0.25, -0.2) is 9.67 Å². The van der Waals surface area contributed by atoms with Crippen LogP contribution in [0.4, 0.5) is 0 Å². The third kappa shape index (κ3) is 2.03. The van der Waals surface area contributed by atoms with Gasteiger partial charge in [0.15, 0.2) is 0 Å². The standard InChI is InChI=1S/C13H18N6O/c1-9-4-14-13(16-9)7-18-3-2-12-11(6-18)19-10(8-20-12)5-15-17-19/h4-5,11-12H,2-3,6-8H2,1H3,(H,14,16)/t11-,12+/m1/s1. The lowest BCUT2D eigenvalue weighted by molar-refractivity contribution is -0.0672. The molecule has 1 N–H and O–H groups in total. The first-order chi connectivity index (χ1) is 9.79. The van der Waals surface area contributed by atoms with Crippen LogP contribution in [0.2, 0.25) is 0 Å². The Hall–Kier alpha value is -1.73. The minimum Gasteiger partial charge on any atom is -0.370 e. The first kappa shape index (κ1) is 12.0. The molecule has 1 fully saturated rings. The summed E-state index contributed by atoms with van der Waals surface area (Å²) in [5, 5.41) is 8.23. The van der Waals surface area contributed by atoms with Gasteiger partial charge >= 0.3 is 0 Å². The van der Waals surface area contributed by atoms with E-state index in [1.54, 1.807) is 6.20 Å². The van der Waals surface area contributed by atoms with Crippen molar-refractivity contribution < 1.29 is 4.74 Å². The van der Waals surface area contributed by atoms with E-state index in [1.807, 2.05) is 17.8 Å². The summed E-state index contributed by atoms with van der Waals surface area (Å²) in [6.45, 7) is 5.47. The van der Waals surface area contributed by atoms with Crippen molar-refractivity contribution in [2.45, 2.75) is 38.6 Å². The second-order valence-electron chi connectivity index (χ2n) is 5.62. The second kappa shape index (κ2) is 4.68. The second-order valence-corrected chi connectivity index (χ2v) is 5.62. The quantitative estimate of drug-likeness (QED) is 0.871. The van der Waals surface area contributed by atoms with Crippen molar-refractivity contribution in [1.29, 1.82) is 0 Å². The molecular weight excluding hydrogens is 256 g/mol. The molecule has 0 saturated carbocycles. The number of likely N-dealkylation sites (tertiary alicyclic amines) is 1. The van der Waals surface area contributed by atoms with Crippen LogP contribution in [0.3, 0.4) is 0 Å². The third-order valence-electron chi connectivity index (χ3n) is 4.14. The smallest absolute Gasteiger partial charge is 0.120 e. The van der Waals surface area contributed by atoms with E-state index >= 15 is 0 Å². The fourth-order valence-electron chi connectivity index (χ4n) is 3.15. The topological polar surface area (TPSA) is 71.9 Å². The van der Waals surface area contributed by atoms with Crippen LogP contribution in [0.5, 0.6) is 0 Å². The first-order valence-electron chi connectivity index (χ1n) is 7.03. The number of rotatable bonds is 2. The molecule has 2 aliphatic heterocycles. The monoisotopic (exact) mass is 274 g/mol. The van der Waals surface area contributed by atoms with Gasteiger partial charge < -0.3 is 9.72 Å². The Morgan fingerprint density at radius 3 is 3.25 bits per heavy atom. The van der Waals surface area contributed by atoms with Gasteiger partial charge in [-0.05, 0) is 13.3 Å². The number of H-pyrrole nitrogens is 1. The fraction of sp³-hybridized carbons (Fsp3) is 0.615. The van der Waals surface area contributed by atoms with Crippen molar-refractivity contribution in [3.8, 4) is 0 Å². The molecule has 0 aromatic carbocycles. The Labute approximate surface area is 116 Å². The maximum Gasteiger partial charge on any atom is 0.120 e. The van der Waals surface area contributed by atoms with Gasteiger partial charge in [-0.15, -0.1) is 5.10 Å². The summed E-state index contributed by atoms with van der Waals surface area (Å²) in [5.41, 5.74) is 2.18. The molecule has 106 valence electrons. The highest BCUT2D eigenvalue weighted by Crippen LogP contribution is 2.30. The highest BCUT2D eigenvalue weighted by molar-refractivity contribution is 5.02. The molecule has 0 radical (unpaired) electrons. The molecule has 7 nitrogen and oxygen atoms in total. The Morgan fingerprint density at radius 2 is 2.40 bits per heavy atom. The lowest BCUT2D eigenvalue weighted by Gasteiger charge is -2.40. The van der Waals surface area contributed by atoms with Crippen LogP contribution in [0, 0.1) is 6.92 Å². The summed E-state index contributed by atoms with van der Waals surface area (Å²) in [6.07, 6.45) is 4.97. The summed E-state index contributed by atoms with van der Waals surface area (Å²) in [7, 11) is 0. The summed E-state index contributed by atoms with van der Waals surface area (Å²) < 4.78 is 7.95. The molecule has 2 aliphatic rings. The van der Waals surface area contributed by atoms with Gasteiger partial charge in [0.1, 0.15) is 5.82 Å². The van der Waals surface area contributed by atoms with E-state index in [0.717, 1.165) is 43.3 Å². The highest BCUT2D eigenvalue weighted by atomic mass is 16.5. The SMILES string of the molecule is Cc1cnc(CN2CC[C@@H]3OCc4cnnn4[C@@H]3C2)[nH]1. The van der Waals surface area contributed by atoms with Crippen molar-refractivity contribution in [3.05, 3.63) is 29.6 Å². The molecule has 0 bridgehead atoms. The maximum atomic E-state index is 5.92. The summed E-state index contributed by atoms with van der Waals surface area (Å²) >= 11 is 0. The molecule has 4 heterocycles. The lowest BCUT2D eigenvalue weighted by atomic mass is 10.0. The minimum atomic E-state index is 0.263. The first-order valence-corrected chi connectivity index (χ1v) is 7.03. The molecular formula is C13H18N6O. The number of nitrogens with one attached hydrogen (secondary N) is 1. The fourth-order valence-corrected chi connectivity index (χ4v) is 3.15. The number of hydrogen-bond acceptors (Lipinski definition) is 5. The molecule has 0 aliphatic carbocycles. The van der Waals surface area contributed by atoms with E-state index in [-0.39, 0.29) is 12.1 Å². The zero-order valence-electron chi connectivity index (χ0n) is 11.5. The summed E-state index contributed by atoms with van der Waals surface area (Å²) in [4.78, 5) is 10.1. The van der Waals surface area contributed by atoms with Gasteiger partial charge in [0.25, 0.3) is 0 Å². The average Bonchev–Trinajstić information content (AvgIpc) is 3.07. The van der Waals surface area contributed by atoms with Crippen LogP contribution in [0.25, 0.3) is 0 Å². The summed E-state index contributed by atoms with van der Waals surface area (Å²) in [6, 6.07) is 0.269. The predicted molar refractivity (Wildman–Crippen MR) is 70.9 cm³/mol. The van der Waals surface area contributed by atoms with Crippen molar-refractivity contribution in [3.63, 3.8) is 0 Å². The number of hydrogen-bond donors (Lipinski definition) is 1. The number of imidazole rings is 1. The zero-order valence-corrected chi connectivity index (χ0v) is 11.5. The predicted octanol–water partition coefficient (Wildman–Crippen LogP) is 0.655. The Balaban J connectivity index is 1.51. The van der Waals surface area contributed by atoms with Crippen molar-refractivity contribution >= 4 is 0 Å². The van der Waals surface area contributed by atoms with Gasteiger partial charge in [-0.2, -0.15) is 0 Å². The van der Waals surface area contributed by atoms with Gasteiger partial charge in [0.2, 0.25) is 0 Å². The van der Waals surface area contributed by atoms with Crippen molar-refractivity contribution in [2.75, 3.05) is 13.1 Å². The Kier molecular flexibility index (Phi) is 2.82. The average molecular weight is 274 g/mol. The van der Waals surface area contributed by atoms with Gasteiger partial charge in [0.05, 0.1) is 37.2 Å². The molecule has 2 aromatic heterocycles. The van der Waals surface area contributed by atoms with Gasteiger partial charge in [-0.3, -0.25) is 4.90 Å². The molecule has 20 heavy (non-hydrogen) atoms. The van der Waals surface area contributed by atoms with E-state index in [4.69, 9.17) is 4.74 Å². The molecule has 0 amide bonds. The summed E-state index contributed by atoms with van der Waals surface area (Å²) in [5.74, 6) is 1.02. The maximum absolute atomic E-state index is 5.92. The van der Waals surface area contributed by atoms with E-state index in [1.165, 1.54) is 0 Å². The normalized spacial score (nSPS) is 26.2. The van der Waals surface area contributed by atoms with Crippen molar-refractivity contribution in [1.82, 2.24) is 29.9 Å². The van der Waals surface area contributed by atoms with Crippen LogP contribution < -0.4 is 0 Å². The number of aromatic nitrogens is 5. The van der Waals surface area contributed by atoms with E-state index < -0.39 is 0 Å². The molecule has 0 unspecified atom stereocenters.